The van der Waals surface area contributed by atoms with Crippen LogP contribution in [0.4, 0.5) is 34.1 Å². The van der Waals surface area contributed by atoms with Crippen LogP contribution in [0.5, 0.6) is 11.5 Å². The third-order valence-electron chi connectivity index (χ3n) is 6.83. The highest BCUT2D eigenvalue weighted by Crippen LogP contribution is 2.37. The SMILES string of the molecule is c1ccc(N(c2ccccc2)c2cccc(OCCOc3cccc(N(c4ccccc4)c4ccccc4)c3)c2)cc1. The molecule has 0 fully saturated rings. The molecule has 4 heteroatoms. The van der Waals surface area contributed by atoms with Crippen molar-refractivity contribution >= 4 is 34.1 Å². The molecule has 206 valence electrons. The van der Waals surface area contributed by atoms with Crippen molar-refractivity contribution in [2.75, 3.05) is 23.0 Å². The fourth-order valence-electron chi connectivity index (χ4n) is 4.95. The Morgan fingerprint density at radius 1 is 0.310 bits per heavy atom. The van der Waals surface area contributed by atoms with E-state index in [0.29, 0.717) is 13.2 Å². The maximum absolute atomic E-state index is 6.14. The van der Waals surface area contributed by atoms with Crippen molar-refractivity contribution in [2.45, 2.75) is 0 Å². The van der Waals surface area contributed by atoms with Crippen molar-refractivity contribution in [2.24, 2.45) is 0 Å². The van der Waals surface area contributed by atoms with Crippen LogP contribution in [-0.4, -0.2) is 13.2 Å². The van der Waals surface area contributed by atoms with Gasteiger partial charge in [-0.15, -0.1) is 0 Å². The zero-order valence-corrected chi connectivity index (χ0v) is 23.3. The van der Waals surface area contributed by atoms with Gasteiger partial charge < -0.3 is 19.3 Å². The molecule has 6 rings (SSSR count). The summed E-state index contributed by atoms with van der Waals surface area (Å²) < 4.78 is 12.3. The average molecular weight is 549 g/mol. The fourth-order valence-corrected chi connectivity index (χ4v) is 4.95. The first kappa shape index (κ1) is 26.7. The molecule has 4 nitrogen and oxygen atoms in total. The molecule has 0 radical (unpaired) electrons. The second kappa shape index (κ2) is 13.2. The predicted octanol–water partition coefficient (Wildman–Crippen LogP) is 10.1. The first-order valence-corrected chi connectivity index (χ1v) is 14.1. The smallest absolute Gasteiger partial charge is 0.122 e. The third kappa shape index (κ3) is 6.45. The number of ether oxygens (including phenoxy) is 2. The maximum atomic E-state index is 6.14. The molecule has 0 saturated heterocycles. The Morgan fingerprint density at radius 3 is 0.905 bits per heavy atom. The summed E-state index contributed by atoms with van der Waals surface area (Å²) in [7, 11) is 0. The Morgan fingerprint density at radius 2 is 0.595 bits per heavy atom. The molecule has 0 N–H and O–H groups in total. The van der Waals surface area contributed by atoms with Crippen molar-refractivity contribution in [1.82, 2.24) is 0 Å². The average Bonchev–Trinajstić information content (AvgIpc) is 3.06. The Hall–Kier alpha value is -5.48. The lowest BCUT2D eigenvalue weighted by atomic mass is 10.2. The van der Waals surface area contributed by atoms with Crippen LogP contribution in [0.25, 0.3) is 0 Å². The fraction of sp³-hybridized carbons (Fsp3) is 0.0526. The molecule has 0 atom stereocenters. The van der Waals surface area contributed by atoms with Crippen molar-refractivity contribution in [3.8, 4) is 11.5 Å². The van der Waals surface area contributed by atoms with Crippen LogP contribution in [0.3, 0.4) is 0 Å². The van der Waals surface area contributed by atoms with Gasteiger partial charge in [-0.25, -0.2) is 0 Å². The molecule has 0 aliphatic carbocycles. The first-order chi connectivity index (χ1) is 20.8. The van der Waals surface area contributed by atoms with Crippen LogP contribution in [-0.2, 0) is 0 Å². The minimum absolute atomic E-state index is 0.422. The van der Waals surface area contributed by atoms with Gasteiger partial charge in [0.1, 0.15) is 24.7 Å². The summed E-state index contributed by atoms with van der Waals surface area (Å²) in [4.78, 5) is 4.44. The Labute approximate surface area is 247 Å². The lowest BCUT2D eigenvalue weighted by Crippen LogP contribution is -2.12. The van der Waals surface area contributed by atoms with E-state index in [4.69, 9.17) is 9.47 Å². The zero-order valence-electron chi connectivity index (χ0n) is 23.3. The van der Waals surface area contributed by atoms with Gasteiger partial charge >= 0.3 is 0 Å². The van der Waals surface area contributed by atoms with Crippen molar-refractivity contribution in [3.05, 3.63) is 170 Å². The summed E-state index contributed by atoms with van der Waals surface area (Å²) in [5, 5.41) is 0. The Balaban J connectivity index is 1.14. The molecule has 0 amide bonds. The number of benzene rings is 6. The van der Waals surface area contributed by atoms with Gasteiger partial charge in [0.05, 0.1) is 0 Å². The molecule has 0 aromatic heterocycles. The van der Waals surface area contributed by atoms with Crippen molar-refractivity contribution in [1.29, 1.82) is 0 Å². The Kier molecular flexibility index (Phi) is 8.43. The molecule has 6 aromatic carbocycles. The maximum Gasteiger partial charge on any atom is 0.122 e. The van der Waals surface area contributed by atoms with E-state index in [1.54, 1.807) is 0 Å². The Bertz CT molecular complexity index is 1470. The number of hydrogen-bond donors (Lipinski definition) is 0. The number of para-hydroxylation sites is 4. The summed E-state index contributed by atoms with van der Waals surface area (Å²) in [6.07, 6.45) is 0. The van der Waals surface area contributed by atoms with Gasteiger partial charge in [0, 0.05) is 46.3 Å². The summed E-state index contributed by atoms with van der Waals surface area (Å²) in [6.45, 7) is 0.844. The minimum Gasteiger partial charge on any atom is -0.490 e. The third-order valence-corrected chi connectivity index (χ3v) is 6.83. The van der Waals surface area contributed by atoms with E-state index in [0.717, 1.165) is 45.6 Å². The van der Waals surface area contributed by atoms with E-state index in [2.05, 4.69) is 131 Å². The quantitative estimate of drug-likeness (QED) is 0.150. The van der Waals surface area contributed by atoms with Crippen LogP contribution < -0.4 is 19.3 Å². The number of hydrogen-bond acceptors (Lipinski definition) is 4. The van der Waals surface area contributed by atoms with Crippen LogP contribution in [0, 0.1) is 0 Å². The van der Waals surface area contributed by atoms with Crippen LogP contribution in [0.15, 0.2) is 170 Å². The van der Waals surface area contributed by atoms with E-state index in [9.17, 15) is 0 Å². The molecule has 0 unspecified atom stereocenters. The number of nitrogens with zero attached hydrogens (tertiary/aromatic N) is 2. The summed E-state index contributed by atoms with van der Waals surface area (Å²) in [5.41, 5.74) is 6.40. The van der Waals surface area contributed by atoms with Gasteiger partial charge in [-0.2, -0.15) is 0 Å². The van der Waals surface area contributed by atoms with Gasteiger partial charge in [-0.3, -0.25) is 0 Å². The largest absolute Gasteiger partial charge is 0.490 e. The van der Waals surface area contributed by atoms with Crippen molar-refractivity contribution < 1.29 is 9.47 Å². The highest BCUT2D eigenvalue weighted by molar-refractivity contribution is 5.78. The lowest BCUT2D eigenvalue weighted by molar-refractivity contribution is 0.217. The topological polar surface area (TPSA) is 24.9 Å². The summed E-state index contributed by atoms with van der Waals surface area (Å²) >= 11 is 0. The van der Waals surface area contributed by atoms with Gasteiger partial charge in [-0.1, -0.05) is 84.9 Å². The van der Waals surface area contributed by atoms with Gasteiger partial charge in [0.25, 0.3) is 0 Å². The number of rotatable bonds is 11. The van der Waals surface area contributed by atoms with Gasteiger partial charge in [-0.05, 0) is 72.8 Å². The highest BCUT2D eigenvalue weighted by atomic mass is 16.5. The number of anilines is 6. The monoisotopic (exact) mass is 548 g/mol. The van der Waals surface area contributed by atoms with Gasteiger partial charge in [0.15, 0.2) is 0 Å². The van der Waals surface area contributed by atoms with Crippen molar-refractivity contribution in [3.63, 3.8) is 0 Å². The molecule has 0 saturated carbocycles. The molecule has 6 aromatic rings. The molecule has 0 bridgehead atoms. The van der Waals surface area contributed by atoms with E-state index in [1.807, 2.05) is 48.5 Å². The standard InChI is InChI=1S/C38H32N2O2/c1-5-15-31(16-6-1)39(32-17-7-2-8-18-32)35-23-13-25-37(29-35)41-27-28-42-38-26-14-24-36(30-38)40(33-19-9-3-10-20-33)34-21-11-4-12-22-34/h1-26,29-30H,27-28H2. The summed E-state index contributed by atoms with van der Waals surface area (Å²) in [5.74, 6) is 1.59. The first-order valence-electron chi connectivity index (χ1n) is 14.1. The molecule has 0 spiro atoms. The van der Waals surface area contributed by atoms with Crippen LogP contribution in [0.1, 0.15) is 0 Å². The molecule has 0 aliphatic heterocycles. The molecule has 0 heterocycles. The molecular weight excluding hydrogens is 516 g/mol. The van der Waals surface area contributed by atoms with E-state index in [-0.39, 0.29) is 0 Å². The molecule has 42 heavy (non-hydrogen) atoms. The molecular formula is C38H32N2O2. The molecule has 0 aliphatic rings. The zero-order chi connectivity index (χ0) is 28.4. The minimum atomic E-state index is 0.422. The highest BCUT2D eigenvalue weighted by Gasteiger charge is 2.14. The summed E-state index contributed by atoms with van der Waals surface area (Å²) in [6, 6.07) is 57.8. The van der Waals surface area contributed by atoms with Gasteiger partial charge in [0.2, 0.25) is 0 Å². The normalized spacial score (nSPS) is 10.6. The lowest BCUT2D eigenvalue weighted by Gasteiger charge is -2.26. The van der Waals surface area contributed by atoms with Crippen LogP contribution >= 0.6 is 0 Å². The van der Waals surface area contributed by atoms with E-state index in [1.165, 1.54) is 0 Å². The predicted molar refractivity (Wildman–Crippen MR) is 173 cm³/mol. The van der Waals surface area contributed by atoms with Crippen LogP contribution in [0.2, 0.25) is 0 Å². The van der Waals surface area contributed by atoms with E-state index < -0.39 is 0 Å². The second-order valence-corrected chi connectivity index (χ2v) is 9.70. The van der Waals surface area contributed by atoms with E-state index >= 15 is 0 Å². The second-order valence-electron chi connectivity index (χ2n) is 9.70.